The van der Waals surface area contributed by atoms with Gasteiger partial charge in [-0.2, -0.15) is 0 Å². The van der Waals surface area contributed by atoms with Crippen LogP contribution in [0.15, 0.2) is 35.8 Å². The first kappa shape index (κ1) is 14.7. The molecule has 4 N–H and O–H groups in total. The van der Waals surface area contributed by atoms with Crippen LogP contribution in [0.4, 0.5) is 0 Å². The molecule has 112 valence electrons. The number of cyclic esters (lactones) is 1. The first-order chi connectivity index (χ1) is 9.90. The Labute approximate surface area is 118 Å². The average molecular weight is 296 g/mol. The molecule has 0 aromatic heterocycles. The van der Waals surface area contributed by atoms with Crippen LogP contribution in [0.1, 0.15) is 10.4 Å². The lowest BCUT2D eigenvalue weighted by atomic mass is 10.2. The standard InChI is InChI=1S/C13H12O8/c14-7-3-1-6(2-4-7)12(18)20-5-8(15)11-9(16)10(17)13(19)21-11/h1-4,8,11,14-17H,5H2. The van der Waals surface area contributed by atoms with Crippen molar-refractivity contribution < 1.29 is 39.5 Å². The molecule has 0 saturated heterocycles. The van der Waals surface area contributed by atoms with Crippen LogP contribution >= 0.6 is 0 Å². The predicted octanol–water partition coefficient (Wildman–Crippen LogP) is 0.163. The average Bonchev–Trinajstić information content (AvgIpc) is 2.73. The minimum atomic E-state index is -1.53. The lowest BCUT2D eigenvalue weighted by Crippen LogP contribution is -2.33. The molecule has 0 bridgehead atoms. The van der Waals surface area contributed by atoms with E-state index in [9.17, 15) is 19.8 Å². The molecule has 1 aromatic carbocycles. The van der Waals surface area contributed by atoms with E-state index < -0.39 is 42.3 Å². The minimum Gasteiger partial charge on any atom is -0.508 e. The largest absolute Gasteiger partial charge is 0.508 e. The number of hydrogen-bond acceptors (Lipinski definition) is 8. The van der Waals surface area contributed by atoms with Gasteiger partial charge in [-0.25, -0.2) is 9.59 Å². The molecule has 2 atom stereocenters. The van der Waals surface area contributed by atoms with Gasteiger partial charge in [0.1, 0.15) is 18.5 Å². The number of phenolic OH excluding ortho intramolecular Hbond substituents is 1. The first-order valence-electron chi connectivity index (χ1n) is 5.87. The highest BCUT2D eigenvalue weighted by atomic mass is 16.6. The number of carbonyl (C=O) groups is 2. The summed E-state index contributed by atoms with van der Waals surface area (Å²) in [6.07, 6.45) is -3.01. The van der Waals surface area contributed by atoms with Crippen molar-refractivity contribution >= 4 is 11.9 Å². The molecule has 8 heteroatoms. The zero-order valence-electron chi connectivity index (χ0n) is 10.6. The van der Waals surface area contributed by atoms with Crippen LogP contribution in [0.5, 0.6) is 5.75 Å². The summed E-state index contributed by atoms with van der Waals surface area (Å²) in [6.45, 7) is -0.561. The van der Waals surface area contributed by atoms with E-state index in [-0.39, 0.29) is 11.3 Å². The van der Waals surface area contributed by atoms with E-state index in [2.05, 4.69) is 4.74 Å². The maximum absolute atomic E-state index is 11.6. The fourth-order valence-electron chi connectivity index (χ4n) is 1.66. The van der Waals surface area contributed by atoms with Gasteiger partial charge in [0.25, 0.3) is 0 Å². The highest BCUT2D eigenvalue weighted by molar-refractivity contribution is 5.90. The summed E-state index contributed by atoms with van der Waals surface area (Å²) in [5.41, 5.74) is 0.144. The minimum absolute atomic E-state index is 0.0185. The van der Waals surface area contributed by atoms with Gasteiger partial charge >= 0.3 is 11.9 Å². The third-order valence-electron chi connectivity index (χ3n) is 2.78. The van der Waals surface area contributed by atoms with E-state index in [0.29, 0.717) is 0 Å². The lowest BCUT2D eigenvalue weighted by Gasteiger charge is -2.17. The fraction of sp³-hybridized carbons (Fsp3) is 0.231. The van der Waals surface area contributed by atoms with Crippen LogP contribution in [-0.2, 0) is 14.3 Å². The van der Waals surface area contributed by atoms with Gasteiger partial charge in [-0.3, -0.25) is 0 Å². The monoisotopic (exact) mass is 296 g/mol. The van der Waals surface area contributed by atoms with Crippen LogP contribution in [0.3, 0.4) is 0 Å². The molecule has 0 radical (unpaired) electrons. The van der Waals surface area contributed by atoms with Gasteiger partial charge in [0.05, 0.1) is 5.56 Å². The second-order valence-electron chi connectivity index (χ2n) is 4.27. The van der Waals surface area contributed by atoms with Crippen LogP contribution in [0.25, 0.3) is 0 Å². The van der Waals surface area contributed by atoms with Crippen molar-refractivity contribution in [2.24, 2.45) is 0 Å². The second kappa shape index (κ2) is 5.71. The normalized spacial score (nSPS) is 19.3. The molecule has 21 heavy (non-hydrogen) atoms. The quantitative estimate of drug-likeness (QED) is 0.577. The van der Waals surface area contributed by atoms with Crippen LogP contribution in [0.2, 0.25) is 0 Å². The third kappa shape index (κ3) is 3.06. The highest BCUT2D eigenvalue weighted by Crippen LogP contribution is 2.21. The van der Waals surface area contributed by atoms with Crippen LogP contribution in [0, 0.1) is 0 Å². The van der Waals surface area contributed by atoms with Crippen molar-refractivity contribution in [3.05, 3.63) is 41.3 Å². The number of aliphatic hydroxyl groups is 3. The van der Waals surface area contributed by atoms with Gasteiger partial charge in [-0.05, 0) is 24.3 Å². The number of aliphatic hydroxyl groups excluding tert-OH is 3. The van der Waals surface area contributed by atoms with Gasteiger partial charge in [-0.15, -0.1) is 0 Å². The molecule has 0 spiro atoms. The van der Waals surface area contributed by atoms with Crippen molar-refractivity contribution in [1.82, 2.24) is 0 Å². The Bertz CT molecular complexity index is 589. The van der Waals surface area contributed by atoms with Crippen molar-refractivity contribution in [3.8, 4) is 5.75 Å². The topological polar surface area (TPSA) is 134 Å². The number of ether oxygens (including phenoxy) is 2. The van der Waals surface area contributed by atoms with E-state index in [4.69, 9.17) is 14.9 Å². The zero-order valence-corrected chi connectivity index (χ0v) is 10.6. The first-order valence-corrected chi connectivity index (χ1v) is 5.87. The SMILES string of the molecule is O=C1OC(C(O)COC(=O)c2ccc(O)cc2)C(O)=C1O. The number of rotatable bonds is 4. The van der Waals surface area contributed by atoms with Crippen molar-refractivity contribution in [1.29, 1.82) is 0 Å². The number of benzene rings is 1. The van der Waals surface area contributed by atoms with E-state index in [1.807, 2.05) is 0 Å². The lowest BCUT2D eigenvalue weighted by molar-refractivity contribution is -0.147. The number of aromatic hydroxyl groups is 1. The molecule has 0 fully saturated rings. The summed E-state index contributed by atoms with van der Waals surface area (Å²) in [7, 11) is 0. The zero-order chi connectivity index (χ0) is 15.6. The van der Waals surface area contributed by atoms with Crippen molar-refractivity contribution in [2.45, 2.75) is 12.2 Å². The number of carbonyl (C=O) groups excluding carboxylic acids is 2. The molecule has 0 aliphatic carbocycles. The smallest absolute Gasteiger partial charge is 0.377 e. The molecule has 0 saturated carbocycles. The molecule has 1 aliphatic rings. The molecule has 1 aliphatic heterocycles. The van der Waals surface area contributed by atoms with Gasteiger partial charge in [-0.1, -0.05) is 0 Å². The van der Waals surface area contributed by atoms with Crippen LogP contribution in [-0.4, -0.2) is 51.2 Å². The van der Waals surface area contributed by atoms with E-state index in [1.165, 1.54) is 24.3 Å². The fourth-order valence-corrected chi connectivity index (χ4v) is 1.66. The van der Waals surface area contributed by atoms with Crippen molar-refractivity contribution in [2.75, 3.05) is 6.61 Å². The Morgan fingerprint density at radius 2 is 1.86 bits per heavy atom. The summed E-state index contributed by atoms with van der Waals surface area (Å²) in [6, 6.07) is 5.22. The summed E-state index contributed by atoms with van der Waals surface area (Å²) >= 11 is 0. The van der Waals surface area contributed by atoms with Gasteiger partial charge in [0, 0.05) is 0 Å². The Balaban J connectivity index is 1.93. The Hall–Kier alpha value is -2.74. The molecular formula is C13H12O8. The maximum atomic E-state index is 11.6. The number of phenols is 1. The van der Waals surface area contributed by atoms with Gasteiger partial charge in [0.2, 0.25) is 5.76 Å². The molecule has 1 aromatic rings. The predicted molar refractivity (Wildman–Crippen MR) is 66.6 cm³/mol. The molecular weight excluding hydrogens is 284 g/mol. The van der Waals surface area contributed by atoms with E-state index in [0.717, 1.165) is 0 Å². The molecule has 0 amide bonds. The Morgan fingerprint density at radius 3 is 2.38 bits per heavy atom. The van der Waals surface area contributed by atoms with Gasteiger partial charge in [0.15, 0.2) is 11.9 Å². The maximum Gasteiger partial charge on any atom is 0.377 e. The highest BCUT2D eigenvalue weighted by Gasteiger charge is 2.39. The third-order valence-corrected chi connectivity index (χ3v) is 2.78. The molecule has 2 rings (SSSR count). The van der Waals surface area contributed by atoms with E-state index in [1.54, 1.807) is 0 Å². The Kier molecular flexibility index (Phi) is 3.99. The second-order valence-corrected chi connectivity index (χ2v) is 4.27. The molecule has 1 heterocycles. The van der Waals surface area contributed by atoms with Gasteiger partial charge < -0.3 is 29.9 Å². The Morgan fingerprint density at radius 1 is 1.24 bits per heavy atom. The summed E-state index contributed by atoms with van der Waals surface area (Å²) in [5.74, 6) is -3.75. The van der Waals surface area contributed by atoms with E-state index >= 15 is 0 Å². The number of esters is 2. The number of hydrogen-bond donors (Lipinski definition) is 4. The van der Waals surface area contributed by atoms with Crippen LogP contribution < -0.4 is 0 Å². The summed E-state index contributed by atoms with van der Waals surface area (Å²) in [4.78, 5) is 22.6. The molecule has 8 nitrogen and oxygen atoms in total. The molecule has 2 unspecified atom stereocenters. The van der Waals surface area contributed by atoms with Crippen molar-refractivity contribution in [3.63, 3.8) is 0 Å². The summed E-state index contributed by atoms with van der Waals surface area (Å²) < 4.78 is 9.30. The summed E-state index contributed by atoms with van der Waals surface area (Å²) in [5, 5.41) is 37.2.